The Bertz CT molecular complexity index is 828. The van der Waals surface area contributed by atoms with Gasteiger partial charge < -0.3 is 20.3 Å². The van der Waals surface area contributed by atoms with E-state index < -0.39 is 0 Å². The fourth-order valence-electron chi connectivity index (χ4n) is 3.35. The van der Waals surface area contributed by atoms with Crippen molar-refractivity contribution in [2.24, 2.45) is 0 Å². The molecule has 0 radical (unpaired) electrons. The normalized spacial score (nSPS) is 15.7. The first kappa shape index (κ1) is 20.8. The number of amides is 2. The minimum Gasteiger partial charge on any atom is -0.376 e. The molecule has 2 aromatic rings. The van der Waals surface area contributed by atoms with Crippen molar-refractivity contribution in [1.82, 2.24) is 10.3 Å². The Morgan fingerprint density at radius 2 is 1.90 bits per heavy atom. The number of anilines is 2. The first-order valence-electron chi connectivity index (χ1n) is 10.1. The Morgan fingerprint density at radius 1 is 1.14 bits per heavy atom. The third kappa shape index (κ3) is 5.54. The average molecular weight is 396 g/mol. The van der Waals surface area contributed by atoms with Gasteiger partial charge in [0.1, 0.15) is 5.69 Å². The highest BCUT2D eigenvalue weighted by atomic mass is 16.5. The molecule has 1 saturated heterocycles. The van der Waals surface area contributed by atoms with Gasteiger partial charge in [-0.05, 0) is 63.1 Å². The van der Waals surface area contributed by atoms with E-state index in [4.69, 9.17) is 4.74 Å². The Morgan fingerprint density at radius 3 is 2.55 bits per heavy atom. The van der Waals surface area contributed by atoms with E-state index in [1.807, 2.05) is 24.3 Å². The molecular weight excluding hydrogens is 368 g/mol. The van der Waals surface area contributed by atoms with E-state index in [0.717, 1.165) is 38.2 Å². The lowest BCUT2D eigenvalue weighted by Crippen LogP contribution is -2.32. The summed E-state index contributed by atoms with van der Waals surface area (Å²) in [6, 6.07) is 10.8. The van der Waals surface area contributed by atoms with E-state index in [-0.39, 0.29) is 23.6 Å². The van der Waals surface area contributed by atoms with Gasteiger partial charge in [0.15, 0.2) is 0 Å². The Kier molecular flexibility index (Phi) is 7.19. The standard InChI is InChI=1S/C22H28N4O3/c1-3-26(4-2)18-9-7-17(8-10-18)25-22(28)20-14-16(11-12-23-20)21(27)24-15-19-6-5-13-29-19/h7-12,14,19H,3-6,13,15H2,1-2H3,(H,24,27)(H,25,28). The first-order valence-corrected chi connectivity index (χ1v) is 10.1. The molecule has 1 unspecified atom stereocenters. The molecule has 1 aromatic carbocycles. The third-order valence-corrected chi connectivity index (χ3v) is 5.02. The molecule has 7 nitrogen and oxygen atoms in total. The molecule has 7 heteroatoms. The number of nitrogens with zero attached hydrogens (tertiary/aromatic N) is 2. The van der Waals surface area contributed by atoms with Crippen molar-refractivity contribution in [2.45, 2.75) is 32.8 Å². The highest BCUT2D eigenvalue weighted by Gasteiger charge is 2.17. The van der Waals surface area contributed by atoms with Crippen LogP contribution in [0.15, 0.2) is 42.6 Å². The fourth-order valence-corrected chi connectivity index (χ4v) is 3.35. The summed E-state index contributed by atoms with van der Waals surface area (Å²) in [5.41, 5.74) is 2.39. The number of nitrogens with one attached hydrogen (secondary N) is 2. The predicted molar refractivity (Wildman–Crippen MR) is 114 cm³/mol. The molecule has 0 spiro atoms. The van der Waals surface area contributed by atoms with Crippen molar-refractivity contribution in [1.29, 1.82) is 0 Å². The van der Waals surface area contributed by atoms with Crippen molar-refractivity contribution in [3.8, 4) is 0 Å². The van der Waals surface area contributed by atoms with Crippen LogP contribution in [0, 0.1) is 0 Å². The summed E-state index contributed by atoms with van der Waals surface area (Å²) in [6.45, 7) is 7.28. The topological polar surface area (TPSA) is 83.6 Å². The van der Waals surface area contributed by atoms with Gasteiger partial charge in [0, 0.05) is 49.4 Å². The molecule has 3 rings (SSSR count). The summed E-state index contributed by atoms with van der Waals surface area (Å²) in [6.07, 6.45) is 3.52. The summed E-state index contributed by atoms with van der Waals surface area (Å²) in [7, 11) is 0. The van der Waals surface area contributed by atoms with Crippen molar-refractivity contribution in [2.75, 3.05) is 36.5 Å². The van der Waals surface area contributed by atoms with Gasteiger partial charge in [0.05, 0.1) is 6.10 Å². The van der Waals surface area contributed by atoms with Gasteiger partial charge in [-0.15, -0.1) is 0 Å². The van der Waals surface area contributed by atoms with E-state index in [1.54, 1.807) is 6.07 Å². The van der Waals surface area contributed by atoms with Gasteiger partial charge in [-0.3, -0.25) is 14.6 Å². The molecule has 2 heterocycles. The van der Waals surface area contributed by atoms with Crippen LogP contribution in [-0.4, -0.2) is 49.1 Å². The number of rotatable bonds is 8. The molecule has 2 amide bonds. The summed E-state index contributed by atoms with van der Waals surface area (Å²) < 4.78 is 5.51. The molecule has 1 aliphatic heterocycles. The molecule has 1 fully saturated rings. The van der Waals surface area contributed by atoms with Crippen LogP contribution >= 0.6 is 0 Å². The maximum atomic E-state index is 12.6. The monoisotopic (exact) mass is 396 g/mol. The van der Waals surface area contributed by atoms with Gasteiger partial charge >= 0.3 is 0 Å². The van der Waals surface area contributed by atoms with Crippen molar-refractivity contribution in [3.05, 3.63) is 53.9 Å². The SMILES string of the molecule is CCN(CC)c1ccc(NC(=O)c2cc(C(=O)NCC3CCCO3)ccn2)cc1. The smallest absolute Gasteiger partial charge is 0.274 e. The van der Waals surface area contributed by atoms with Gasteiger partial charge in [0.2, 0.25) is 0 Å². The summed E-state index contributed by atoms with van der Waals surface area (Å²) in [4.78, 5) is 31.2. The lowest BCUT2D eigenvalue weighted by atomic mass is 10.2. The zero-order valence-corrected chi connectivity index (χ0v) is 17.0. The van der Waals surface area contributed by atoms with Crippen LogP contribution < -0.4 is 15.5 Å². The maximum Gasteiger partial charge on any atom is 0.274 e. The third-order valence-electron chi connectivity index (χ3n) is 5.02. The van der Waals surface area contributed by atoms with Crippen LogP contribution in [-0.2, 0) is 4.74 Å². The van der Waals surface area contributed by atoms with Gasteiger partial charge in [-0.2, -0.15) is 0 Å². The van der Waals surface area contributed by atoms with Crippen molar-refractivity contribution >= 4 is 23.2 Å². The fraction of sp³-hybridized carbons (Fsp3) is 0.409. The lowest BCUT2D eigenvalue weighted by molar-refractivity contribution is 0.0857. The number of ether oxygens (including phenoxy) is 1. The Balaban J connectivity index is 1.60. The van der Waals surface area contributed by atoms with E-state index >= 15 is 0 Å². The summed E-state index contributed by atoms with van der Waals surface area (Å²) in [5, 5.41) is 5.69. The van der Waals surface area contributed by atoms with Crippen LogP contribution in [0.5, 0.6) is 0 Å². The number of carbonyl (C=O) groups is 2. The summed E-state index contributed by atoms with van der Waals surface area (Å²) >= 11 is 0. The highest BCUT2D eigenvalue weighted by Crippen LogP contribution is 2.18. The molecule has 0 bridgehead atoms. The van der Waals surface area contributed by atoms with Gasteiger partial charge in [0.25, 0.3) is 11.8 Å². The maximum absolute atomic E-state index is 12.6. The molecule has 1 aromatic heterocycles. The van der Waals surface area contributed by atoms with E-state index in [2.05, 4.69) is 34.4 Å². The number of hydrogen-bond acceptors (Lipinski definition) is 5. The van der Waals surface area contributed by atoms with Gasteiger partial charge in [-0.1, -0.05) is 0 Å². The van der Waals surface area contributed by atoms with Crippen LogP contribution in [0.25, 0.3) is 0 Å². The van der Waals surface area contributed by atoms with Crippen LogP contribution in [0.3, 0.4) is 0 Å². The molecular formula is C22H28N4O3. The number of aromatic nitrogens is 1. The minimum atomic E-state index is -0.352. The highest BCUT2D eigenvalue weighted by molar-refractivity contribution is 6.04. The van der Waals surface area contributed by atoms with Crippen molar-refractivity contribution < 1.29 is 14.3 Å². The zero-order chi connectivity index (χ0) is 20.6. The average Bonchev–Trinajstić information content (AvgIpc) is 3.28. The van der Waals surface area contributed by atoms with E-state index in [0.29, 0.717) is 17.8 Å². The second-order valence-electron chi connectivity index (χ2n) is 6.95. The minimum absolute atomic E-state index is 0.0721. The van der Waals surface area contributed by atoms with Crippen LogP contribution in [0.1, 0.15) is 47.5 Å². The molecule has 1 atom stereocenters. The van der Waals surface area contributed by atoms with Gasteiger partial charge in [-0.25, -0.2) is 0 Å². The number of pyridine rings is 1. The predicted octanol–water partition coefficient (Wildman–Crippen LogP) is 3.09. The van der Waals surface area contributed by atoms with E-state index in [9.17, 15) is 9.59 Å². The molecule has 154 valence electrons. The molecule has 2 N–H and O–H groups in total. The summed E-state index contributed by atoms with van der Waals surface area (Å²) in [5.74, 6) is -0.588. The molecule has 1 aliphatic rings. The number of hydrogen-bond donors (Lipinski definition) is 2. The lowest BCUT2D eigenvalue weighted by Gasteiger charge is -2.21. The van der Waals surface area contributed by atoms with Crippen LogP contribution in [0.4, 0.5) is 11.4 Å². The zero-order valence-electron chi connectivity index (χ0n) is 17.0. The number of carbonyl (C=O) groups excluding carboxylic acids is 2. The number of benzene rings is 1. The second kappa shape index (κ2) is 10.0. The molecule has 0 saturated carbocycles. The Labute approximate surface area is 171 Å². The quantitative estimate of drug-likeness (QED) is 0.716. The van der Waals surface area contributed by atoms with E-state index in [1.165, 1.54) is 12.3 Å². The molecule has 0 aliphatic carbocycles. The largest absolute Gasteiger partial charge is 0.376 e. The first-order chi connectivity index (χ1) is 14.1. The molecule has 29 heavy (non-hydrogen) atoms. The Hall–Kier alpha value is -2.93. The van der Waals surface area contributed by atoms with Crippen LogP contribution in [0.2, 0.25) is 0 Å². The van der Waals surface area contributed by atoms with Crippen molar-refractivity contribution in [3.63, 3.8) is 0 Å². The second-order valence-corrected chi connectivity index (χ2v) is 6.95.